The van der Waals surface area contributed by atoms with Crippen LogP contribution in [-0.2, 0) is 0 Å². The summed E-state index contributed by atoms with van der Waals surface area (Å²) in [7, 11) is 0. The first-order valence-corrected chi connectivity index (χ1v) is 8.96. The molecule has 1 saturated carbocycles. The number of halogens is 1. The Kier molecular flexibility index (Phi) is 3.71. The zero-order valence-corrected chi connectivity index (χ0v) is 15.0. The lowest BCUT2D eigenvalue weighted by Crippen LogP contribution is -2.22. The van der Waals surface area contributed by atoms with E-state index in [-0.39, 0.29) is 23.4 Å². The molecule has 5 rings (SSSR count). The van der Waals surface area contributed by atoms with Crippen LogP contribution in [0, 0.1) is 12.7 Å². The molecule has 1 aliphatic carbocycles. The van der Waals surface area contributed by atoms with Crippen LogP contribution in [0.5, 0.6) is 5.75 Å². The third-order valence-corrected chi connectivity index (χ3v) is 4.79. The molecule has 0 spiro atoms. The van der Waals surface area contributed by atoms with Gasteiger partial charge in [0, 0.05) is 29.7 Å². The second kappa shape index (κ2) is 6.26. The van der Waals surface area contributed by atoms with Gasteiger partial charge in [0.1, 0.15) is 0 Å². The fourth-order valence-corrected chi connectivity index (χ4v) is 3.17. The highest BCUT2D eigenvalue weighted by molar-refractivity contribution is 5.84. The van der Waals surface area contributed by atoms with Gasteiger partial charge in [0.05, 0.1) is 23.4 Å². The standard InChI is InChI=1S/C20H16FN5O2/c1-12-14-10-24-26(20-22-8-3-9-23-20)19(27)15(14)11-25(12)16-4-2-5-17(18(16)21)28-13-6-7-13/h2-5,8-11,13H,6-7H2,1H3. The number of nitrogens with zero attached hydrogens (tertiary/aromatic N) is 5. The molecule has 0 saturated heterocycles. The van der Waals surface area contributed by atoms with Gasteiger partial charge in [0.15, 0.2) is 11.6 Å². The minimum atomic E-state index is -0.447. The maximum absolute atomic E-state index is 15.0. The molecule has 7 nitrogen and oxygen atoms in total. The van der Waals surface area contributed by atoms with Gasteiger partial charge in [-0.2, -0.15) is 9.78 Å². The van der Waals surface area contributed by atoms with Gasteiger partial charge in [-0.15, -0.1) is 0 Å². The SMILES string of the molecule is Cc1c2cnn(-c3ncccn3)c(=O)c2cn1-c1cccc(OC2CC2)c1F. The molecule has 28 heavy (non-hydrogen) atoms. The van der Waals surface area contributed by atoms with Crippen molar-refractivity contribution in [3.05, 3.63) is 70.9 Å². The second-order valence-corrected chi connectivity index (χ2v) is 6.73. The molecule has 0 bridgehead atoms. The van der Waals surface area contributed by atoms with Gasteiger partial charge >= 0.3 is 0 Å². The van der Waals surface area contributed by atoms with Gasteiger partial charge in [-0.05, 0) is 38.0 Å². The summed E-state index contributed by atoms with van der Waals surface area (Å²) in [4.78, 5) is 21.1. The number of benzene rings is 1. The zero-order chi connectivity index (χ0) is 19.3. The Morgan fingerprint density at radius 2 is 1.93 bits per heavy atom. The Labute approximate surface area is 159 Å². The number of aromatic nitrogens is 5. The van der Waals surface area contributed by atoms with Crippen molar-refractivity contribution in [2.24, 2.45) is 0 Å². The minimum Gasteiger partial charge on any atom is -0.487 e. The number of hydrogen-bond donors (Lipinski definition) is 0. The summed E-state index contributed by atoms with van der Waals surface area (Å²) in [6.45, 7) is 1.82. The molecule has 0 amide bonds. The van der Waals surface area contributed by atoms with Crippen molar-refractivity contribution in [2.75, 3.05) is 0 Å². The van der Waals surface area contributed by atoms with E-state index in [1.807, 2.05) is 6.92 Å². The summed E-state index contributed by atoms with van der Waals surface area (Å²) in [5.41, 5.74) is 0.674. The lowest BCUT2D eigenvalue weighted by Gasteiger charge is -2.11. The molecule has 8 heteroatoms. The van der Waals surface area contributed by atoms with Crippen LogP contribution in [0.15, 0.2) is 53.8 Å². The van der Waals surface area contributed by atoms with E-state index >= 15 is 4.39 Å². The second-order valence-electron chi connectivity index (χ2n) is 6.73. The van der Waals surface area contributed by atoms with E-state index in [0.717, 1.165) is 17.5 Å². The number of aryl methyl sites for hydroxylation is 1. The molecule has 1 aliphatic rings. The monoisotopic (exact) mass is 377 g/mol. The first-order chi connectivity index (χ1) is 13.6. The number of fused-ring (bicyclic) bond motifs is 1. The summed E-state index contributed by atoms with van der Waals surface area (Å²) >= 11 is 0. The zero-order valence-electron chi connectivity index (χ0n) is 15.0. The predicted octanol–water partition coefficient (Wildman–Crippen LogP) is 2.96. The highest BCUT2D eigenvalue weighted by Crippen LogP contribution is 2.32. The van der Waals surface area contributed by atoms with Crippen molar-refractivity contribution in [1.82, 2.24) is 24.3 Å². The van der Waals surface area contributed by atoms with Gasteiger partial charge in [-0.1, -0.05) is 6.07 Å². The summed E-state index contributed by atoms with van der Waals surface area (Å²) in [5, 5.41) is 5.23. The summed E-state index contributed by atoms with van der Waals surface area (Å²) in [6.07, 6.45) is 8.26. The molecule has 1 aromatic carbocycles. The lowest BCUT2D eigenvalue weighted by atomic mass is 10.2. The van der Waals surface area contributed by atoms with Crippen molar-refractivity contribution in [1.29, 1.82) is 0 Å². The maximum atomic E-state index is 15.0. The van der Waals surface area contributed by atoms with Crippen LogP contribution in [-0.4, -0.2) is 30.4 Å². The maximum Gasteiger partial charge on any atom is 0.283 e. The molecule has 0 radical (unpaired) electrons. The van der Waals surface area contributed by atoms with Gasteiger partial charge in [-0.25, -0.2) is 14.4 Å². The Bertz CT molecular complexity index is 1240. The van der Waals surface area contributed by atoms with Crippen molar-refractivity contribution in [3.8, 4) is 17.4 Å². The molecule has 0 aliphatic heterocycles. The molecule has 4 aromatic rings. The normalized spacial score (nSPS) is 13.8. The average molecular weight is 377 g/mol. The van der Waals surface area contributed by atoms with Crippen LogP contribution in [0.25, 0.3) is 22.4 Å². The van der Waals surface area contributed by atoms with Crippen LogP contribution in [0.4, 0.5) is 4.39 Å². The summed E-state index contributed by atoms with van der Waals surface area (Å²) < 4.78 is 23.5. The van der Waals surface area contributed by atoms with Crippen molar-refractivity contribution >= 4 is 10.8 Å². The van der Waals surface area contributed by atoms with Crippen LogP contribution < -0.4 is 10.3 Å². The van der Waals surface area contributed by atoms with Gasteiger partial charge in [0.2, 0.25) is 0 Å². The van der Waals surface area contributed by atoms with Crippen molar-refractivity contribution in [2.45, 2.75) is 25.9 Å². The molecule has 3 aromatic heterocycles. The number of hydrogen-bond acceptors (Lipinski definition) is 5. The summed E-state index contributed by atoms with van der Waals surface area (Å²) in [5.74, 6) is -0.0336. The smallest absolute Gasteiger partial charge is 0.283 e. The van der Waals surface area contributed by atoms with E-state index in [2.05, 4.69) is 15.1 Å². The highest BCUT2D eigenvalue weighted by Gasteiger charge is 2.26. The molecular formula is C20H16FN5O2. The third kappa shape index (κ3) is 2.65. The summed E-state index contributed by atoms with van der Waals surface area (Å²) in [6, 6.07) is 6.69. The molecule has 0 atom stereocenters. The highest BCUT2D eigenvalue weighted by atomic mass is 19.1. The number of rotatable bonds is 4. The molecule has 0 unspecified atom stereocenters. The van der Waals surface area contributed by atoms with Crippen LogP contribution >= 0.6 is 0 Å². The number of ether oxygens (including phenoxy) is 1. The molecule has 3 heterocycles. The lowest BCUT2D eigenvalue weighted by molar-refractivity contribution is 0.287. The molecule has 140 valence electrons. The fourth-order valence-electron chi connectivity index (χ4n) is 3.17. The van der Waals surface area contributed by atoms with Crippen molar-refractivity contribution < 1.29 is 9.13 Å². The van der Waals surface area contributed by atoms with Crippen LogP contribution in [0.3, 0.4) is 0 Å². The first kappa shape index (κ1) is 16.6. The average Bonchev–Trinajstić information content (AvgIpc) is 3.47. The van der Waals surface area contributed by atoms with E-state index < -0.39 is 5.82 Å². The van der Waals surface area contributed by atoms with Gasteiger partial charge in [-0.3, -0.25) is 4.79 Å². The van der Waals surface area contributed by atoms with E-state index in [4.69, 9.17) is 4.74 Å². The van der Waals surface area contributed by atoms with E-state index in [1.54, 1.807) is 41.2 Å². The minimum absolute atomic E-state index is 0.0943. The van der Waals surface area contributed by atoms with Crippen LogP contribution in [0.1, 0.15) is 18.5 Å². The molecular weight excluding hydrogens is 361 g/mol. The Balaban J connectivity index is 1.67. The molecule has 0 N–H and O–H groups in total. The Morgan fingerprint density at radius 1 is 1.14 bits per heavy atom. The van der Waals surface area contributed by atoms with E-state index in [1.165, 1.54) is 12.4 Å². The predicted molar refractivity (Wildman–Crippen MR) is 101 cm³/mol. The fraction of sp³-hybridized carbons (Fsp3) is 0.200. The van der Waals surface area contributed by atoms with Gasteiger partial charge in [0.25, 0.3) is 11.5 Å². The first-order valence-electron chi connectivity index (χ1n) is 8.96. The largest absolute Gasteiger partial charge is 0.487 e. The quantitative estimate of drug-likeness (QED) is 0.547. The van der Waals surface area contributed by atoms with Gasteiger partial charge < -0.3 is 9.30 Å². The third-order valence-electron chi connectivity index (χ3n) is 4.79. The Hall–Kier alpha value is -3.55. The van der Waals surface area contributed by atoms with E-state index in [0.29, 0.717) is 22.2 Å². The Morgan fingerprint density at radius 3 is 2.68 bits per heavy atom. The van der Waals surface area contributed by atoms with Crippen LogP contribution in [0.2, 0.25) is 0 Å². The van der Waals surface area contributed by atoms with E-state index in [9.17, 15) is 4.79 Å². The topological polar surface area (TPSA) is 74.8 Å². The molecule has 1 fully saturated rings. The van der Waals surface area contributed by atoms with Crippen molar-refractivity contribution in [3.63, 3.8) is 0 Å².